The first-order valence-electron chi connectivity index (χ1n) is 22.7. The highest BCUT2D eigenvalue weighted by molar-refractivity contribution is 6.81. The van der Waals surface area contributed by atoms with Crippen LogP contribution in [0.5, 0.6) is 0 Å². The largest absolute Gasteiger partial charge is 0.376 e. The second kappa shape index (κ2) is 16.2. The van der Waals surface area contributed by atoms with Gasteiger partial charge >= 0.3 is 0 Å². The summed E-state index contributed by atoms with van der Waals surface area (Å²) >= 11 is 0. The second-order valence-electron chi connectivity index (χ2n) is 22.6. The maximum absolute atomic E-state index is 6.13. The van der Waals surface area contributed by atoms with Crippen LogP contribution in [0, 0.1) is 35.5 Å². The number of hydrogen-bond donors (Lipinski definition) is 0. The van der Waals surface area contributed by atoms with Gasteiger partial charge in [0, 0.05) is 6.61 Å². The summed E-state index contributed by atoms with van der Waals surface area (Å²) in [5.41, 5.74) is 8.68. The summed E-state index contributed by atoms with van der Waals surface area (Å²) in [5, 5.41) is 0. The van der Waals surface area contributed by atoms with E-state index in [1.54, 1.807) is 17.2 Å². The van der Waals surface area contributed by atoms with Gasteiger partial charge in [0.2, 0.25) is 0 Å². The van der Waals surface area contributed by atoms with Crippen molar-refractivity contribution < 1.29 is 4.74 Å². The molecular weight excluding hydrogens is 657 g/mol. The van der Waals surface area contributed by atoms with Crippen LogP contribution in [0.2, 0.25) is 23.7 Å². The third kappa shape index (κ3) is 9.11. The molecule has 4 fully saturated rings. The molecule has 4 saturated carbocycles. The molecule has 2 aromatic carbocycles. The fourth-order valence-electron chi connectivity index (χ4n) is 13.6. The molecule has 10 atom stereocenters. The van der Waals surface area contributed by atoms with E-state index in [0.29, 0.717) is 0 Å². The van der Waals surface area contributed by atoms with E-state index in [-0.39, 0.29) is 16.4 Å². The predicted molar refractivity (Wildman–Crippen MR) is 233 cm³/mol. The predicted octanol–water partition coefficient (Wildman–Crippen LogP) is 15.3. The van der Waals surface area contributed by atoms with Gasteiger partial charge < -0.3 is 4.74 Å². The van der Waals surface area contributed by atoms with Gasteiger partial charge in [-0.05, 0) is 144 Å². The zero-order valence-corrected chi connectivity index (χ0v) is 37.7. The third-order valence-electron chi connectivity index (χ3n) is 15.8. The zero-order chi connectivity index (χ0) is 38.3. The minimum absolute atomic E-state index is 0.0191. The molecule has 0 aromatic heterocycles. The number of rotatable bonds is 11. The lowest BCUT2D eigenvalue weighted by molar-refractivity contribution is -0.00471. The van der Waals surface area contributed by atoms with Crippen LogP contribution in [0.4, 0.5) is 0 Å². The van der Waals surface area contributed by atoms with Gasteiger partial charge in [-0.1, -0.05) is 161 Å². The van der Waals surface area contributed by atoms with Crippen molar-refractivity contribution in [2.75, 3.05) is 6.61 Å². The first-order valence-corrected chi connectivity index (χ1v) is 25.6. The molecule has 0 heterocycles. The summed E-state index contributed by atoms with van der Waals surface area (Å²) in [4.78, 5) is 0. The Labute approximate surface area is 329 Å². The molecule has 4 aliphatic rings. The van der Waals surface area contributed by atoms with Crippen molar-refractivity contribution in [2.45, 2.75) is 205 Å². The van der Waals surface area contributed by atoms with Gasteiger partial charge in [0.15, 0.2) is 0 Å². The van der Waals surface area contributed by atoms with Crippen molar-refractivity contribution in [2.24, 2.45) is 35.5 Å². The van der Waals surface area contributed by atoms with E-state index in [1.165, 1.54) is 88.2 Å². The van der Waals surface area contributed by atoms with Gasteiger partial charge in [0.05, 0.1) is 13.7 Å². The Bertz CT molecular complexity index is 1350. The third-order valence-corrected chi connectivity index (χ3v) is 22.2. The fourth-order valence-corrected chi connectivity index (χ4v) is 21.4. The highest BCUT2D eigenvalue weighted by Gasteiger charge is 2.61. The topological polar surface area (TPSA) is 9.23 Å². The van der Waals surface area contributed by atoms with E-state index in [0.717, 1.165) is 65.0 Å². The fraction of sp³-hybridized carbons (Fsp3) is 0.765. The van der Waals surface area contributed by atoms with Crippen LogP contribution in [-0.2, 0) is 15.6 Å². The van der Waals surface area contributed by atoms with Gasteiger partial charge in [0.25, 0.3) is 0 Å². The van der Waals surface area contributed by atoms with Crippen LogP contribution in [0.1, 0.15) is 187 Å². The van der Waals surface area contributed by atoms with Gasteiger partial charge in [-0.2, -0.15) is 0 Å². The number of unbranched alkanes of at least 4 members (excludes halogenated alkanes) is 3. The molecule has 2 heteroatoms. The summed E-state index contributed by atoms with van der Waals surface area (Å²) in [6, 6.07) is 21.6. The Balaban J connectivity index is 1.26. The maximum Gasteiger partial charge on any atom is 0.0598 e. The van der Waals surface area contributed by atoms with Gasteiger partial charge in [0.1, 0.15) is 0 Å². The molecule has 2 aromatic rings. The normalized spacial score (nSPS) is 33.4. The molecule has 1 nitrogen and oxygen atoms in total. The van der Waals surface area contributed by atoms with Crippen molar-refractivity contribution in [1.29, 1.82) is 0 Å². The van der Waals surface area contributed by atoms with Crippen LogP contribution < -0.4 is 0 Å². The standard InChI is InChI=1S/C51H82OSi/c1-35-33-45-41(37-23-27-39(28-24-37)49(3,4)5)19-17-21-43(45)47(35)53(12,32-16-14-13-15-31-52-51(9,10)11)48-36(2)34-46-42(20-18-22-44(46)48)38-25-29-40(30-26-38)50(6,7)8/h23-30,35-36,41-48H,13-22,31-34H2,1-12H3. The lowest BCUT2D eigenvalue weighted by atomic mass is 9.70. The first-order chi connectivity index (χ1) is 24.9. The summed E-state index contributed by atoms with van der Waals surface area (Å²) in [6.45, 7) is 30.2. The Morgan fingerprint density at radius 2 is 0.962 bits per heavy atom. The molecule has 0 N–H and O–H groups in total. The summed E-state index contributed by atoms with van der Waals surface area (Å²) in [7, 11) is -1.68. The van der Waals surface area contributed by atoms with Crippen molar-refractivity contribution in [3.05, 3.63) is 70.8 Å². The average molecular weight is 739 g/mol. The van der Waals surface area contributed by atoms with Crippen molar-refractivity contribution in [1.82, 2.24) is 0 Å². The average Bonchev–Trinajstić information content (AvgIpc) is 3.62. The van der Waals surface area contributed by atoms with Crippen LogP contribution in [0.3, 0.4) is 0 Å². The zero-order valence-electron chi connectivity index (χ0n) is 36.7. The van der Waals surface area contributed by atoms with Crippen LogP contribution in [0.25, 0.3) is 0 Å². The molecule has 0 radical (unpaired) electrons. The van der Waals surface area contributed by atoms with Crippen LogP contribution in [-0.4, -0.2) is 20.3 Å². The molecule has 0 aliphatic heterocycles. The highest BCUT2D eigenvalue weighted by Crippen LogP contribution is 2.68. The van der Waals surface area contributed by atoms with Crippen LogP contribution >= 0.6 is 0 Å². The van der Waals surface area contributed by atoms with E-state index >= 15 is 0 Å². The van der Waals surface area contributed by atoms with E-state index in [4.69, 9.17) is 4.74 Å². The molecule has 4 aliphatic carbocycles. The summed E-state index contributed by atoms with van der Waals surface area (Å²) in [5.74, 6) is 6.95. The van der Waals surface area contributed by atoms with E-state index in [9.17, 15) is 0 Å². The Kier molecular flexibility index (Phi) is 12.6. The molecule has 296 valence electrons. The maximum atomic E-state index is 6.13. The molecule has 10 unspecified atom stereocenters. The summed E-state index contributed by atoms with van der Waals surface area (Å²) in [6.07, 6.45) is 17.0. The van der Waals surface area contributed by atoms with E-state index in [2.05, 4.69) is 131 Å². The SMILES string of the molecule is CC1CC2C(c3ccc(C(C)(C)C)cc3)CCCC2C1[Si](C)(CCCCCCOC(C)(C)C)C1C(C)CC2C(c3ccc(C(C)(C)C)cc3)CCCC21. The molecule has 0 amide bonds. The highest BCUT2D eigenvalue weighted by atomic mass is 28.3. The Morgan fingerprint density at radius 3 is 1.36 bits per heavy atom. The minimum atomic E-state index is -1.68. The smallest absolute Gasteiger partial charge is 0.0598 e. The Hall–Kier alpha value is -1.38. The van der Waals surface area contributed by atoms with Crippen molar-refractivity contribution in [3.8, 4) is 0 Å². The number of ether oxygens (including phenoxy) is 1. The summed E-state index contributed by atoms with van der Waals surface area (Å²) < 4.78 is 6.13. The molecule has 53 heavy (non-hydrogen) atoms. The number of hydrogen-bond acceptors (Lipinski definition) is 1. The van der Waals surface area contributed by atoms with Gasteiger partial charge in [-0.3, -0.25) is 0 Å². The van der Waals surface area contributed by atoms with Crippen LogP contribution in [0.15, 0.2) is 48.5 Å². The first kappa shape index (κ1) is 41.3. The second-order valence-corrected chi connectivity index (χ2v) is 27.4. The number of fused-ring (bicyclic) bond motifs is 2. The molecule has 6 rings (SSSR count). The number of benzene rings is 2. The van der Waals surface area contributed by atoms with E-state index < -0.39 is 8.07 Å². The lowest BCUT2D eigenvalue weighted by Gasteiger charge is -2.51. The van der Waals surface area contributed by atoms with Crippen molar-refractivity contribution in [3.63, 3.8) is 0 Å². The van der Waals surface area contributed by atoms with E-state index in [1.807, 2.05) is 0 Å². The molecular formula is C51H82OSi. The molecule has 0 bridgehead atoms. The lowest BCUT2D eigenvalue weighted by Crippen LogP contribution is -2.49. The monoisotopic (exact) mass is 739 g/mol. The molecule has 0 spiro atoms. The molecule has 0 saturated heterocycles. The van der Waals surface area contributed by atoms with Gasteiger partial charge in [-0.25, -0.2) is 0 Å². The van der Waals surface area contributed by atoms with Crippen molar-refractivity contribution >= 4 is 8.07 Å². The Morgan fingerprint density at radius 1 is 0.547 bits per heavy atom. The van der Waals surface area contributed by atoms with Gasteiger partial charge in [-0.15, -0.1) is 0 Å². The minimum Gasteiger partial charge on any atom is -0.376 e. The quantitative estimate of drug-likeness (QED) is 0.165.